The number of hydrogen-bond donors (Lipinski definition) is 0. The molecule has 0 aliphatic rings. The third-order valence-corrected chi connectivity index (χ3v) is 18.9. The van der Waals surface area contributed by atoms with E-state index in [4.69, 9.17) is 15.0 Å². The number of benzene rings is 13. The van der Waals surface area contributed by atoms with Crippen molar-refractivity contribution in [2.45, 2.75) is 0 Å². The first-order valence-electron chi connectivity index (χ1n) is 32.7. The molecule has 0 saturated carbocycles. The van der Waals surface area contributed by atoms with Gasteiger partial charge in [-0.15, -0.1) is 0 Å². The molecule has 3 aromatic heterocycles. The fourth-order valence-corrected chi connectivity index (χ4v) is 14.0. The van der Waals surface area contributed by atoms with E-state index in [0.717, 1.165) is 105 Å². The third kappa shape index (κ3) is 10.9. The summed E-state index contributed by atoms with van der Waals surface area (Å²) in [5.41, 5.74) is 18.3. The molecular formula is C90H44N14. The second-order valence-electron chi connectivity index (χ2n) is 24.7. The fourth-order valence-electron chi connectivity index (χ4n) is 14.0. The van der Waals surface area contributed by atoms with Crippen molar-refractivity contribution in [2.75, 3.05) is 0 Å². The molecule has 16 aromatic rings. The Bertz CT molecular complexity index is 6470. The lowest BCUT2D eigenvalue weighted by Gasteiger charge is -2.19. The van der Waals surface area contributed by atoms with Crippen molar-refractivity contribution in [1.82, 2.24) is 24.1 Å². The Morgan fingerprint density at radius 1 is 0.202 bits per heavy atom. The maximum atomic E-state index is 10.6. The fraction of sp³-hybridized carbons (Fsp3) is 0. The second-order valence-corrected chi connectivity index (χ2v) is 24.7. The molecule has 0 saturated heterocycles. The monoisotopic (exact) mass is 1320 g/mol. The Morgan fingerprint density at radius 3 is 0.865 bits per heavy atom. The van der Waals surface area contributed by atoms with Crippen molar-refractivity contribution in [1.29, 1.82) is 47.4 Å². The summed E-state index contributed by atoms with van der Waals surface area (Å²) in [5, 5.41) is 95.3. The molecule has 14 heteroatoms. The van der Waals surface area contributed by atoms with E-state index in [1.54, 1.807) is 78.9 Å². The highest BCUT2D eigenvalue weighted by molar-refractivity contribution is 6.14. The Morgan fingerprint density at radius 2 is 0.500 bits per heavy atom. The molecule has 0 aliphatic heterocycles. The normalized spacial score (nSPS) is 10.8. The van der Waals surface area contributed by atoms with Crippen molar-refractivity contribution in [3.05, 3.63) is 317 Å². The molecule has 13 aromatic carbocycles. The van der Waals surface area contributed by atoms with E-state index in [1.807, 2.05) is 158 Å². The van der Waals surface area contributed by atoms with Crippen LogP contribution < -0.4 is 0 Å². The lowest BCUT2D eigenvalue weighted by Crippen LogP contribution is -2.04. The van der Waals surface area contributed by atoms with E-state index in [2.05, 4.69) is 94.1 Å². The molecule has 0 unspecified atom stereocenters. The van der Waals surface area contributed by atoms with Crippen LogP contribution >= 0.6 is 0 Å². The maximum Gasteiger partial charge on any atom is 0.166 e. The number of aromatic nitrogens is 5. The van der Waals surface area contributed by atoms with Crippen LogP contribution in [0.25, 0.3) is 156 Å². The predicted octanol–water partition coefficient (Wildman–Crippen LogP) is 19.9. The average Bonchev–Trinajstić information content (AvgIpc) is 1.56. The summed E-state index contributed by atoms with van der Waals surface area (Å²) in [7, 11) is 0. The van der Waals surface area contributed by atoms with Gasteiger partial charge in [0.2, 0.25) is 0 Å². The van der Waals surface area contributed by atoms with Gasteiger partial charge >= 0.3 is 0 Å². The highest BCUT2D eigenvalue weighted by Gasteiger charge is 2.26. The highest BCUT2D eigenvalue weighted by atomic mass is 15.1. The van der Waals surface area contributed by atoms with E-state index in [-0.39, 0.29) is 0 Å². The molecule has 104 heavy (non-hydrogen) atoms. The van der Waals surface area contributed by atoms with E-state index in [9.17, 15) is 47.4 Å². The molecule has 0 bridgehead atoms. The SMILES string of the molecule is N#Cc1cccc(-c2ccc(-n3c4ccc(-c5ccc(C#N)cc5C#N)cc4c4cc(-c5ccc(C#N)cc5C#N)ccc43)c(-c3ccc(-n4c5ccc(-c6ccc(C#N)cc6C#N)cc5c5cc(-c6ccc(C#N)cc6C#N)ccc54)c(-c4nc(-c5ccccc5)nc(-c5ccccc5)n4)c3)c2)c1. The van der Waals surface area contributed by atoms with E-state index in [1.165, 1.54) is 0 Å². The summed E-state index contributed by atoms with van der Waals surface area (Å²) in [5.74, 6) is 1.17. The molecule has 0 radical (unpaired) electrons. The molecule has 0 aliphatic carbocycles. The van der Waals surface area contributed by atoms with E-state index in [0.29, 0.717) is 101 Å². The molecule has 3 heterocycles. The number of hydrogen-bond acceptors (Lipinski definition) is 12. The van der Waals surface area contributed by atoms with Crippen LogP contribution in [-0.4, -0.2) is 24.1 Å². The van der Waals surface area contributed by atoms with Gasteiger partial charge in [-0.25, -0.2) is 15.0 Å². The standard InChI is InChI=1S/C90H44N14/c91-45-54-8-7-13-61(34-54)62-18-28-82(103-83-29-19-63(72-24-14-55(46-92)35-68(72)50-96)40-77(83)78-41-64(20-30-84(78)103)73-25-15-56(47-93)36-69(73)51-97)76(39-62)67-23-33-87(81(44-67)90-101-88(59-9-3-1-4-10-59)100-89(102-90)60-11-5-2-6-12-60)104-85-31-21-65(74-26-16-57(48-94)37-70(74)52-98)42-79(85)80-43-66(22-32-86(80)104)75-27-17-58(49-95)38-71(75)53-99/h1-44H. The quantitative estimate of drug-likeness (QED) is 0.117. The van der Waals surface area contributed by atoms with Gasteiger partial charge in [-0.1, -0.05) is 133 Å². The summed E-state index contributed by atoms with van der Waals surface area (Å²) in [6.07, 6.45) is 0. The largest absolute Gasteiger partial charge is 0.309 e. The van der Waals surface area contributed by atoms with Gasteiger partial charge < -0.3 is 9.13 Å². The molecule has 14 nitrogen and oxygen atoms in total. The average molecular weight is 1320 g/mol. The topological polar surface area (TPSA) is 263 Å². The molecule has 0 fully saturated rings. The first-order valence-corrected chi connectivity index (χ1v) is 32.7. The van der Waals surface area contributed by atoms with Crippen LogP contribution in [-0.2, 0) is 0 Å². The van der Waals surface area contributed by atoms with Crippen molar-refractivity contribution in [3.8, 4) is 167 Å². The van der Waals surface area contributed by atoms with Gasteiger partial charge in [0, 0.05) is 43.8 Å². The van der Waals surface area contributed by atoms with Crippen LogP contribution in [0, 0.1) is 102 Å². The smallest absolute Gasteiger partial charge is 0.166 e. The minimum absolute atomic E-state index is 0.325. The van der Waals surface area contributed by atoms with Gasteiger partial charge in [0.1, 0.15) is 0 Å². The van der Waals surface area contributed by atoms with Crippen molar-refractivity contribution in [2.24, 2.45) is 0 Å². The Kier molecular flexibility index (Phi) is 15.7. The van der Waals surface area contributed by atoms with Gasteiger partial charge in [0.05, 0.1) is 138 Å². The van der Waals surface area contributed by atoms with Crippen LogP contribution in [0.15, 0.2) is 267 Å². The summed E-state index contributed by atoms with van der Waals surface area (Å²) in [6, 6.07) is 104. The zero-order valence-corrected chi connectivity index (χ0v) is 54.7. The first kappa shape index (κ1) is 62.7. The van der Waals surface area contributed by atoms with Gasteiger partial charge in [0.15, 0.2) is 17.5 Å². The molecule has 0 N–H and O–H groups in total. The lowest BCUT2D eigenvalue weighted by molar-refractivity contribution is 1.06. The number of fused-ring (bicyclic) bond motifs is 6. The number of rotatable bonds is 11. The zero-order chi connectivity index (χ0) is 71.1. The van der Waals surface area contributed by atoms with Crippen molar-refractivity contribution < 1.29 is 0 Å². The Hall–Kier alpha value is -16.1. The van der Waals surface area contributed by atoms with Crippen LogP contribution in [0.5, 0.6) is 0 Å². The van der Waals surface area contributed by atoms with E-state index < -0.39 is 0 Å². The lowest BCUT2D eigenvalue weighted by atomic mass is 9.94. The molecule has 474 valence electrons. The van der Waals surface area contributed by atoms with E-state index >= 15 is 0 Å². The minimum atomic E-state index is 0.325. The minimum Gasteiger partial charge on any atom is -0.309 e. The summed E-state index contributed by atoms with van der Waals surface area (Å²) in [6.45, 7) is 0. The molecule has 0 spiro atoms. The molecule has 0 atom stereocenters. The predicted molar refractivity (Wildman–Crippen MR) is 400 cm³/mol. The second kappa shape index (κ2) is 26.0. The Labute approximate surface area is 595 Å². The van der Waals surface area contributed by atoms with Crippen LogP contribution in [0.2, 0.25) is 0 Å². The van der Waals surface area contributed by atoms with Crippen LogP contribution in [0.3, 0.4) is 0 Å². The molecule has 0 amide bonds. The third-order valence-electron chi connectivity index (χ3n) is 18.9. The molecule has 16 rings (SSSR count). The summed E-state index contributed by atoms with van der Waals surface area (Å²) < 4.78 is 4.37. The highest BCUT2D eigenvalue weighted by Crippen LogP contribution is 2.46. The van der Waals surface area contributed by atoms with Crippen molar-refractivity contribution in [3.63, 3.8) is 0 Å². The van der Waals surface area contributed by atoms with Crippen LogP contribution in [0.4, 0.5) is 0 Å². The van der Waals surface area contributed by atoms with Gasteiger partial charge in [0.25, 0.3) is 0 Å². The molecular weight excluding hydrogens is 1280 g/mol. The summed E-state index contributed by atoms with van der Waals surface area (Å²) >= 11 is 0. The summed E-state index contributed by atoms with van der Waals surface area (Å²) in [4.78, 5) is 16.0. The maximum absolute atomic E-state index is 10.6. The number of nitrogens with zero attached hydrogens (tertiary/aromatic N) is 14. The van der Waals surface area contributed by atoms with Gasteiger partial charge in [-0.05, 0) is 195 Å². The Balaban J connectivity index is 1.01. The van der Waals surface area contributed by atoms with Gasteiger partial charge in [-0.3, -0.25) is 0 Å². The van der Waals surface area contributed by atoms with Crippen LogP contribution in [0.1, 0.15) is 50.1 Å². The number of nitriles is 9. The first-order chi connectivity index (χ1) is 51.1. The van der Waals surface area contributed by atoms with Crippen molar-refractivity contribution >= 4 is 43.6 Å². The zero-order valence-electron chi connectivity index (χ0n) is 54.7. The van der Waals surface area contributed by atoms with Gasteiger partial charge in [-0.2, -0.15) is 47.4 Å².